The topological polar surface area (TPSA) is 121 Å². The lowest BCUT2D eigenvalue weighted by Gasteiger charge is -2.46. The minimum Gasteiger partial charge on any atom is -0.450 e. The SMILES string of the molecule is C=Cc1ccc(S(=O)(=O)N2CCN(CC3(NC(=O)OCC)CCNC(c4ccnc(C)c4)C3)C(=O)C2)cc1. The molecule has 38 heavy (non-hydrogen) atoms. The van der Waals surface area contributed by atoms with Crippen molar-refractivity contribution in [1.29, 1.82) is 0 Å². The fourth-order valence-corrected chi connectivity index (χ4v) is 6.48. The maximum absolute atomic E-state index is 13.2. The van der Waals surface area contributed by atoms with Crippen LogP contribution in [0.15, 0.2) is 54.1 Å². The van der Waals surface area contributed by atoms with E-state index in [1.165, 1.54) is 16.4 Å². The first kappa shape index (κ1) is 27.7. The summed E-state index contributed by atoms with van der Waals surface area (Å²) in [7, 11) is -3.82. The first-order valence-corrected chi connectivity index (χ1v) is 14.2. The molecule has 3 heterocycles. The average molecular weight is 542 g/mol. The van der Waals surface area contributed by atoms with E-state index in [0.29, 0.717) is 19.4 Å². The largest absolute Gasteiger partial charge is 0.450 e. The summed E-state index contributed by atoms with van der Waals surface area (Å²) in [5, 5.41) is 6.55. The molecular weight excluding hydrogens is 506 g/mol. The molecule has 2 fully saturated rings. The van der Waals surface area contributed by atoms with Crippen LogP contribution in [0.2, 0.25) is 0 Å². The predicted molar refractivity (Wildman–Crippen MR) is 144 cm³/mol. The summed E-state index contributed by atoms with van der Waals surface area (Å²) in [4.78, 5) is 31.9. The number of carbonyl (C=O) groups is 2. The summed E-state index contributed by atoms with van der Waals surface area (Å²) in [6.07, 6.45) is 4.00. The van der Waals surface area contributed by atoms with Crippen molar-refractivity contribution in [1.82, 2.24) is 24.8 Å². The number of hydrogen-bond donors (Lipinski definition) is 2. The number of aromatic nitrogens is 1. The van der Waals surface area contributed by atoms with Gasteiger partial charge in [-0.2, -0.15) is 4.31 Å². The molecule has 2 aliphatic heterocycles. The Morgan fingerprint density at radius 1 is 1.29 bits per heavy atom. The number of piperazine rings is 1. The van der Waals surface area contributed by atoms with Gasteiger partial charge in [-0.15, -0.1) is 0 Å². The molecule has 2 atom stereocenters. The third kappa shape index (κ3) is 6.23. The summed E-state index contributed by atoms with van der Waals surface area (Å²) in [5.41, 5.74) is 2.02. The number of carbonyl (C=O) groups excluding carboxylic acids is 2. The van der Waals surface area contributed by atoms with Crippen molar-refractivity contribution in [2.75, 3.05) is 39.3 Å². The van der Waals surface area contributed by atoms with Crippen LogP contribution in [0.5, 0.6) is 0 Å². The van der Waals surface area contributed by atoms with Crippen LogP contribution in [0.4, 0.5) is 4.79 Å². The van der Waals surface area contributed by atoms with Gasteiger partial charge in [-0.25, -0.2) is 13.2 Å². The highest BCUT2D eigenvalue weighted by molar-refractivity contribution is 7.89. The van der Waals surface area contributed by atoms with Crippen LogP contribution in [0.3, 0.4) is 0 Å². The van der Waals surface area contributed by atoms with Gasteiger partial charge in [0.15, 0.2) is 0 Å². The van der Waals surface area contributed by atoms with Crippen molar-refractivity contribution >= 4 is 28.1 Å². The zero-order valence-corrected chi connectivity index (χ0v) is 22.7. The Morgan fingerprint density at radius 2 is 2.05 bits per heavy atom. The van der Waals surface area contributed by atoms with Gasteiger partial charge in [0.2, 0.25) is 15.9 Å². The van der Waals surface area contributed by atoms with Gasteiger partial charge in [-0.1, -0.05) is 24.8 Å². The summed E-state index contributed by atoms with van der Waals surface area (Å²) >= 11 is 0. The molecule has 0 bridgehead atoms. The lowest BCUT2D eigenvalue weighted by molar-refractivity contribution is -0.135. The number of hydrogen-bond acceptors (Lipinski definition) is 7. The number of benzene rings is 1. The summed E-state index contributed by atoms with van der Waals surface area (Å²) in [6.45, 7) is 8.60. The second-order valence-electron chi connectivity index (χ2n) is 9.74. The lowest BCUT2D eigenvalue weighted by Crippen LogP contribution is -2.63. The Hall–Kier alpha value is -3.28. The van der Waals surface area contributed by atoms with Crippen LogP contribution < -0.4 is 10.6 Å². The quantitative estimate of drug-likeness (QED) is 0.527. The van der Waals surface area contributed by atoms with E-state index in [1.807, 2.05) is 19.1 Å². The van der Waals surface area contributed by atoms with E-state index in [0.717, 1.165) is 16.8 Å². The molecule has 0 radical (unpaired) electrons. The van der Waals surface area contributed by atoms with Gasteiger partial charge in [0.25, 0.3) is 0 Å². The standard InChI is InChI=1S/C27H35N5O5S/c1-4-21-6-8-23(9-7-21)38(35,36)32-15-14-31(25(33)18-32)19-27(30-26(34)37-5-2)11-13-29-24(17-27)22-10-12-28-20(3)16-22/h4,6-10,12,16,24,29H,1,5,11,13-15,17-19H2,2-3H3,(H,30,34). The molecule has 2 amide bonds. The highest BCUT2D eigenvalue weighted by Crippen LogP contribution is 2.32. The van der Waals surface area contributed by atoms with Crippen molar-refractivity contribution in [3.63, 3.8) is 0 Å². The highest BCUT2D eigenvalue weighted by atomic mass is 32.2. The van der Waals surface area contributed by atoms with E-state index >= 15 is 0 Å². The minimum absolute atomic E-state index is 0.0531. The Kier molecular flexibility index (Phi) is 8.49. The number of piperidine rings is 1. The van der Waals surface area contributed by atoms with Crippen LogP contribution in [0.25, 0.3) is 6.08 Å². The molecule has 2 N–H and O–H groups in total. The zero-order valence-electron chi connectivity index (χ0n) is 21.9. The Balaban J connectivity index is 1.51. The van der Waals surface area contributed by atoms with Gasteiger partial charge in [-0.05, 0) is 68.6 Å². The molecule has 2 unspecified atom stereocenters. The molecule has 204 valence electrons. The van der Waals surface area contributed by atoms with Crippen LogP contribution in [0.1, 0.15) is 42.6 Å². The van der Waals surface area contributed by atoms with Gasteiger partial charge in [0, 0.05) is 37.6 Å². The van der Waals surface area contributed by atoms with Gasteiger partial charge >= 0.3 is 6.09 Å². The maximum Gasteiger partial charge on any atom is 0.407 e. The van der Waals surface area contributed by atoms with Crippen molar-refractivity contribution < 1.29 is 22.7 Å². The Bertz CT molecular complexity index is 1280. The molecule has 2 aliphatic rings. The van der Waals surface area contributed by atoms with Gasteiger partial charge in [-0.3, -0.25) is 9.78 Å². The fourth-order valence-electron chi connectivity index (χ4n) is 5.10. The van der Waals surface area contributed by atoms with Crippen molar-refractivity contribution in [2.24, 2.45) is 0 Å². The van der Waals surface area contributed by atoms with E-state index in [-0.39, 0.29) is 49.6 Å². The van der Waals surface area contributed by atoms with Gasteiger partial charge in [0.1, 0.15) is 0 Å². The first-order valence-electron chi connectivity index (χ1n) is 12.8. The normalized spacial score (nSPS) is 22.6. The minimum atomic E-state index is -3.82. The molecule has 2 saturated heterocycles. The molecule has 10 nitrogen and oxygen atoms in total. The smallest absolute Gasteiger partial charge is 0.407 e. The molecule has 4 rings (SSSR count). The van der Waals surface area contributed by atoms with Crippen LogP contribution in [0, 0.1) is 6.92 Å². The van der Waals surface area contributed by atoms with E-state index in [2.05, 4.69) is 22.2 Å². The van der Waals surface area contributed by atoms with Crippen LogP contribution >= 0.6 is 0 Å². The molecule has 1 aromatic heterocycles. The van der Waals surface area contributed by atoms with Crippen LogP contribution in [-0.4, -0.2) is 79.5 Å². The van der Waals surface area contributed by atoms with E-state index < -0.39 is 21.7 Å². The zero-order chi connectivity index (χ0) is 27.3. The first-order chi connectivity index (χ1) is 18.2. The number of aryl methyl sites for hydroxylation is 1. The predicted octanol–water partition coefficient (Wildman–Crippen LogP) is 2.48. The molecule has 2 aromatic rings. The van der Waals surface area contributed by atoms with Gasteiger partial charge in [0.05, 0.1) is 23.6 Å². The maximum atomic E-state index is 13.2. The summed E-state index contributed by atoms with van der Waals surface area (Å²) < 4.78 is 32.8. The third-order valence-electron chi connectivity index (χ3n) is 7.09. The number of amides is 2. The third-order valence-corrected chi connectivity index (χ3v) is 8.95. The second kappa shape index (κ2) is 11.6. The van der Waals surface area contributed by atoms with E-state index in [4.69, 9.17) is 4.74 Å². The Morgan fingerprint density at radius 3 is 2.71 bits per heavy atom. The monoisotopic (exact) mass is 541 g/mol. The lowest BCUT2D eigenvalue weighted by atomic mass is 9.81. The van der Waals surface area contributed by atoms with E-state index in [9.17, 15) is 18.0 Å². The summed E-state index contributed by atoms with van der Waals surface area (Å²) in [5.74, 6) is -0.303. The number of rotatable bonds is 8. The van der Waals surface area contributed by atoms with Gasteiger partial charge < -0.3 is 20.3 Å². The number of nitrogens with zero attached hydrogens (tertiary/aromatic N) is 3. The fraction of sp³-hybridized carbons (Fsp3) is 0.444. The van der Waals surface area contributed by atoms with Crippen molar-refractivity contribution in [2.45, 2.75) is 43.2 Å². The second-order valence-corrected chi connectivity index (χ2v) is 11.7. The van der Waals surface area contributed by atoms with Crippen molar-refractivity contribution in [3.05, 3.63) is 66.0 Å². The number of sulfonamides is 1. The molecule has 11 heteroatoms. The highest BCUT2D eigenvalue weighted by Gasteiger charge is 2.43. The number of pyridine rings is 1. The average Bonchev–Trinajstić information content (AvgIpc) is 2.90. The molecular formula is C27H35N5O5S. The molecule has 0 spiro atoms. The molecule has 1 aromatic carbocycles. The number of nitrogens with one attached hydrogen (secondary N) is 2. The molecule has 0 saturated carbocycles. The van der Waals surface area contributed by atoms with E-state index in [1.54, 1.807) is 36.2 Å². The number of ether oxygens (including phenoxy) is 1. The Labute approximate surface area is 224 Å². The number of alkyl carbamates (subject to hydrolysis) is 1. The molecule has 0 aliphatic carbocycles. The van der Waals surface area contributed by atoms with Crippen LogP contribution in [-0.2, 0) is 19.6 Å². The summed E-state index contributed by atoms with van der Waals surface area (Å²) in [6, 6.07) is 10.3. The van der Waals surface area contributed by atoms with Crippen molar-refractivity contribution in [3.8, 4) is 0 Å².